The lowest BCUT2D eigenvalue weighted by Crippen LogP contribution is -2.36. The molecule has 94 valence electrons. The van der Waals surface area contributed by atoms with Crippen molar-refractivity contribution in [3.8, 4) is 5.75 Å². The van der Waals surface area contributed by atoms with Gasteiger partial charge in [-0.25, -0.2) is 0 Å². The van der Waals surface area contributed by atoms with Gasteiger partial charge in [0.05, 0.1) is 6.04 Å². The third-order valence-electron chi connectivity index (χ3n) is 3.06. The summed E-state index contributed by atoms with van der Waals surface area (Å²) in [4.78, 5) is 2.58. The molecule has 2 heterocycles. The monoisotopic (exact) mass is 277 g/mol. The highest BCUT2D eigenvalue weighted by Crippen LogP contribution is 2.38. The van der Waals surface area contributed by atoms with E-state index in [-0.39, 0.29) is 12.1 Å². The average Bonchev–Trinajstić information content (AvgIpc) is 2.93. The van der Waals surface area contributed by atoms with Crippen LogP contribution in [0.5, 0.6) is 5.75 Å². The lowest BCUT2D eigenvalue weighted by molar-refractivity contribution is 0.172. The van der Waals surface area contributed by atoms with Gasteiger partial charge in [-0.3, -0.25) is 0 Å². The van der Waals surface area contributed by atoms with Crippen LogP contribution in [0.1, 0.15) is 10.9 Å². The zero-order valence-corrected chi connectivity index (χ0v) is 11.8. The number of thiophene rings is 1. The van der Waals surface area contributed by atoms with E-state index in [2.05, 4.69) is 41.0 Å². The van der Waals surface area contributed by atoms with Crippen molar-refractivity contribution in [2.75, 3.05) is 12.8 Å². The van der Waals surface area contributed by atoms with E-state index in [0.717, 1.165) is 11.5 Å². The normalized spacial score (nSPS) is 19.9. The fourth-order valence-electron chi connectivity index (χ4n) is 2.18. The summed E-state index contributed by atoms with van der Waals surface area (Å²) in [5.74, 6) is 2.00. The molecule has 1 aromatic carbocycles. The van der Waals surface area contributed by atoms with Crippen LogP contribution in [0.25, 0.3) is 0 Å². The molecule has 18 heavy (non-hydrogen) atoms. The Hall–Kier alpha value is -0.970. The van der Waals surface area contributed by atoms with Crippen LogP contribution in [-0.4, -0.2) is 18.9 Å². The molecule has 1 aliphatic rings. The summed E-state index contributed by atoms with van der Waals surface area (Å²) in [6.45, 7) is 0. The first-order valence-electron chi connectivity index (χ1n) is 5.97. The van der Waals surface area contributed by atoms with E-state index in [0.29, 0.717) is 0 Å². The van der Waals surface area contributed by atoms with Gasteiger partial charge in [0.2, 0.25) is 0 Å². The Balaban J connectivity index is 1.82. The summed E-state index contributed by atoms with van der Waals surface area (Å²) in [7, 11) is 2.00. The standard InChI is InChI=1S/C14H15NOS2/c1-15-14(13-7-4-8-17-13)11-9-18-12-6-3-2-5-10(12)16-11/h2-8,11,14-15H,9H2,1H3. The Morgan fingerprint density at radius 3 is 2.94 bits per heavy atom. The molecule has 2 unspecified atom stereocenters. The number of hydrogen-bond acceptors (Lipinski definition) is 4. The van der Waals surface area contributed by atoms with E-state index in [1.807, 2.05) is 24.9 Å². The van der Waals surface area contributed by atoms with Gasteiger partial charge in [0.25, 0.3) is 0 Å². The summed E-state index contributed by atoms with van der Waals surface area (Å²) < 4.78 is 6.13. The van der Waals surface area contributed by atoms with Crippen LogP contribution in [0.2, 0.25) is 0 Å². The second kappa shape index (κ2) is 5.34. The maximum Gasteiger partial charge on any atom is 0.133 e. The Labute approximate surface area is 115 Å². The largest absolute Gasteiger partial charge is 0.486 e. The van der Waals surface area contributed by atoms with Crippen LogP contribution >= 0.6 is 23.1 Å². The highest BCUT2D eigenvalue weighted by molar-refractivity contribution is 7.99. The third-order valence-corrected chi connectivity index (χ3v) is 5.16. The van der Waals surface area contributed by atoms with Gasteiger partial charge in [-0.05, 0) is 30.6 Å². The van der Waals surface area contributed by atoms with Crippen LogP contribution in [0, 0.1) is 0 Å². The summed E-state index contributed by atoms with van der Waals surface area (Å²) in [5.41, 5.74) is 0. The fraction of sp³-hybridized carbons (Fsp3) is 0.286. The minimum absolute atomic E-state index is 0.188. The predicted octanol–water partition coefficient (Wildman–Crippen LogP) is 3.56. The van der Waals surface area contributed by atoms with Gasteiger partial charge in [0.15, 0.2) is 0 Å². The summed E-state index contributed by atoms with van der Waals surface area (Å²) in [6.07, 6.45) is 0.188. The topological polar surface area (TPSA) is 21.3 Å². The zero-order valence-electron chi connectivity index (χ0n) is 10.1. The number of hydrogen-bond donors (Lipinski definition) is 1. The summed E-state index contributed by atoms with van der Waals surface area (Å²) >= 11 is 3.66. The van der Waals surface area contributed by atoms with E-state index in [1.165, 1.54) is 9.77 Å². The molecule has 0 radical (unpaired) electrons. The number of fused-ring (bicyclic) bond motifs is 1. The highest BCUT2D eigenvalue weighted by Gasteiger charge is 2.28. The van der Waals surface area contributed by atoms with Crippen molar-refractivity contribution >= 4 is 23.1 Å². The molecular formula is C14H15NOS2. The molecule has 0 saturated carbocycles. The van der Waals surface area contributed by atoms with Gasteiger partial charge in [-0.2, -0.15) is 0 Å². The minimum Gasteiger partial charge on any atom is -0.486 e. The van der Waals surface area contributed by atoms with Gasteiger partial charge >= 0.3 is 0 Å². The van der Waals surface area contributed by atoms with Crippen LogP contribution in [0.15, 0.2) is 46.7 Å². The molecule has 2 atom stereocenters. The predicted molar refractivity (Wildman–Crippen MR) is 77.7 cm³/mol. The first-order chi connectivity index (χ1) is 8.88. The molecule has 1 N–H and O–H groups in total. The molecule has 3 rings (SSSR count). The minimum atomic E-state index is 0.188. The average molecular weight is 277 g/mol. The number of thioether (sulfide) groups is 1. The number of likely N-dealkylation sites (N-methyl/N-ethyl adjacent to an activating group) is 1. The molecule has 0 bridgehead atoms. The Morgan fingerprint density at radius 2 is 2.17 bits per heavy atom. The molecule has 1 aliphatic heterocycles. The van der Waals surface area contributed by atoms with Gasteiger partial charge < -0.3 is 10.1 Å². The Kier molecular flexibility index (Phi) is 3.59. The Morgan fingerprint density at radius 1 is 1.28 bits per heavy atom. The molecule has 0 saturated heterocycles. The number of nitrogens with one attached hydrogen (secondary N) is 1. The summed E-state index contributed by atoms with van der Waals surface area (Å²) in [5, 5.41) is 5.49. The second-order valence-corrected chi connectivity index (χ2v) is 6.24. The molecule has 0 spiro atoms. The van der Waals surface area contributed by atoms with Gasteiger partial charge in [0, 0.05) is 15.5 Å². The smallest absolute Gasteiger partial charge is 0.133 e. The highest BCUT2D eigenvalue weighted by atomic mass is 32.2. The fourth-order valence-corrected chi connectivity index (χ4v) is 4.10. The molecule has 4 heteroatoms. The first kappa shape index (κ1) is 12.1. The van der Waals surface area contributed by atoms with Crippen molar-refractivity contribution in [2.45, 2.75) is 17.0 Å². The lowest BCUT2D eigenvalue weighted by Gasteiger charge is -2.31. The SMILES string of the molecule is CNC(c1cccs1)C1CSc2ccccc2O1. The number of rotatable bonds is 3. The molecule has 0 aliphatic carbocycles. The van der Waals surface area contributed by atoms with Crippen molar-refractivity contribution in [1.29, 1.82) is 0 Å². The number of para-hydroxylation sites is 1. The van der Waals surface area contributed by atoms with Crippen molar-refractivity contribution < 1.29 is 4.74 Å². The van der Waals surface area contributed by atoms with Crippen molar-refractivity contribution in [3.63, 3.8) is 0 Å². The molecular weight excluding hydrogens is 262 g/mol. The molecule has 0 fully saturated rings. The molecule has 1 aromatic heterocycles. The third kappa shape index (κ3) is 2.28. The van der Waals surface area contributed by atoms with Gasteiger partial charge in [0.1, 0.15) is 11.9 Å². The first-order valence-corrected chi connectivity index (χ1v) is 7.84. The van der Waals surface area contributed by atoms with E-state index in [9.17, 15) is 0 Å². The van der Waals surface area contributed by atoms with Gasteiger partial charge in [-0.1, -0.05) is 18.2 Å². The Bertz CT molecular complexity index is 512. The van der Waals surface area contributed by atoms with E-state index < -0.39 is 0 Å². The number of benzene rings is 1. The number of ether oxygens (including phenoxy) is 1. The van der Waals surface area contributed by atoms with Crippen molar-refractivity contribution in [2.24, 2.45) is 0 Å². The van der Waals surface area contributed by atoms with Crippen LogP contribution in [0.4, 0.5) is 0 Å². The maximum atomic E-state index is 6.13. The van der Waals surface area contributed by atoms with Crippen molar-refractivity contribution in [1.82, 2.24) is 5.32 Å². The van der Waals surface area contributed by atoms with Crippen molar-refractivity contribution in [3.05, 3.63) is 46.7 Å². The quantitative estimate of drug-likeness (QED) is 0.927. The molecule has 2 nitrogen and oxygen atoms in total. The van der Waals surface area contributed by atoms with Crippen LogP contribution in [0.3, 0.4) is 0 Å². The van der Waals surface area contributed by atoms with E-state index in [1.54, 1.807) is 11.3 Å². The van der Waals surface area contributed by atoms with E-state index in [4.69, 9.17) is 4.74 Å². The summed E-state index contributed by atoms with van der Waals surface area (Å²) in [6, 6.07) is 12.8. The van der Waals surface area contributed by atoms with Gasteiger partial charge in [-0.15, -0.1) is 23.1 Å². The van der Waals surface area contributed by atoms with Crippen LogP contribution in [-0.2, 0) is 0 Å². The zero-order chi connectivity index (χ0) is 12.4. The van der Waals surface area contributed by atoms with E-state index >= 15 is 0 Å². The second-order valence-electron chi connectivity index (χ2n) is 4.20. The molecule has 0 amide bonds. The molecule has 2 aromatic rings. The lowest BCUT2D eigenvalue weighted by atomic mass is 10.1. The maximum absolute atomic E-state index is 6.13. The van der Waals surface area contributed by atoms with Crippen LogP contribution < -0.4 is 10.1 Å².